The first-order valence-electron chi connectivity index (χ1n) is 9.32. The Morgan fingerprint density at radius 1 is 1.07 bits per heavy atom. The topological polar surface area (TPSA) is 84.9 Å². The van der Waals surface area contributed by atoms with Crippen LogP contribution < -0.4 is 4.74 Å². The van der Waals surface area contributed by atoms with E-state index in [1.807, 2.05) is 19.1 Å². The van der Waals surface area contributed by atoms with E-state index < -0.39 is 0 Å². The molecule has 0 unspecified atom stereocenters. The van der Waals surface area contributed by atoms with Gasteiger partial charge in [-0.05, 0) is 25.1 Å². The molecule has 2 aliphatic heterocycles. The summed E-state index contributed by atoms with van der Waals surface area (Å²) in [6, 6.07) is 5.30. The third-order valence-electron chi connectivity index (χ3n) is 5.03. The molecule has 0 N–H and O–H groups in total. The minimum Gasteiger partial charge on any atom is -0.491 e. The number of carbonyl (C=O) groups excluding carboxylic acids is 2. The molecule has 1 fully saturated rings. The Kier molecular flexibility index (Phi) is 5.21. The molecule has 0 aliphatic carbocycles. The Labute approximate surface area is 163 Å². The number of aromatic nitrogens is 2. The van der Waals surface area contributed by atoms with E-state index in [1.54, 1.807) is 15.9 Å². The van der Waals surface area contributed by atoms with Gasteiger partial charge in [-0.2, -0.15) is 0 Å². The van der Waals surface area contributed by atoms with Crippen molar-refractivity contribution in [3.8, 4) is 5.75 Å². The van der Waals surface area contributed by atoms with Gasteiger partial charge in [-0.1, -0.05) is 0 Å². The third-order valence-corrected chi connectivity index (χ3v) is 5.03. The summed E-state index contributed by atoms with van der Waals surface area (Å²) in [4.78, 5) is 37.1. The molecule has 146 valence electrons. The lowest BCUT2D eigenvalue weighted by molar-refractivity contribution is 0.0303. The van der Waals surface area contributed by atoms with Crippen molar-refractivity contribution in [1.29, 1.82) is 0 Å². The van der Waals surface area contributed by atoms with Crippen LogP contribution in [-0.4, -0.2) is 70.5 Å². The lowest BCUT2D eigenvalue weighted by atomic mass is 10.1. The Morgan fingerprint density at radius 3 is 2.57 bits per heavy atom. The van der Waals surface area contributed by atoms with E-state index >= 15 is 0 Å². The average molecular weight is 382 g/mol. The first-order chi connectivity index (χ1) is 13.6. The van der Waals surface area contributed by atoms with Gasteiger partial charge in [0.2, 0.25) is 0 Å². The number of benzene rings is 1. The minimum atomic E-state index is -0.158. The van der Waals surface area contributed by atoms with E-state index in [4.69, 9.17) is 9.47 Å². The monoisotopic (exact) mass is 382 g/mol. The predicted octanol–water partition coefficient (Wildman–Crippen LogP) is 1.37. The zero-order valence-corrected chi connectivity index (χ0v) is 15.7. The summed E-state index contributed by atoms with van der Waals surface area (Å²) < 4.78 is 11.2. The Morgan fingerprint density at radius 2 is 1.82 bits per heavy atom. The molecule has 28 heavy (non-hydrogen) atoms. The first-order valence-corrected chi connectivity index (χ1v) is 9.32. The SMILES string of the molecule is C[C@H]1COc2ccc(C(=O)N3CCOCC3)cc2CN1C(=O)c1cncnc1. The molecular formula is C20H22N4O4. The van der Waals surface area contributed by atoms with Gasteiger partial charge in [0, 0.05) is 36.6 Å². The van der Waals surface area contributed by atoms with Crippen molar-refractivity contribution < 1.29 is 19.1 Å². The third kappa shape index (κ3) is 3.68. The van der Waals surface area contributed by atoms with Crippen molar-refractivity contribution in [2.75, 3.05) is 32.9 Å². The van der Waals surface area contributed by atoms with Gasteiger partial charge in [-0.15, -0.1) is 0 Å². The summed E-state index contributed by atoms with van der Waals surface area (Å²) in [7, 11) is 0. The summed E-state index contributed by atoms with van der Waals surface area (Å²) in [5, 5.41) is 0. The van der Waals surface area contributed by atoms with Gasteiger partial charge in [0.1, 0.15) is 18.7 Å². The number of morpholine rings is 1. The van der Waals surface area contributed by atoms with Gasteiger partial charge < -0.3 is 19.3 Å². The fourth-order valence-corrected chi connectivity index (χ4v) is 3.41. The number of fused-ring (bicyclic) bond motifs is 1. The molecule has 2 aromatic rings. The highest BCUT2D eigenvalue weighted by atomic mass is 16.5. The quantitative estimate of drug-likeness (QED) is 0.780. The number of rotatable bonds is 2. The first kappa shape index (κ1) is 18.4. The molecule has 0 saturated carbocycles. The Balaban J connectivity index is 1.59. The number of carbonyl (C=O) groups is 2. The van der Waals surface area contributed by atoms with Gasteiger partial charge in [0.15, 0.2) is 0 Å². The van der Waals surface area contributed by atoms with E-state index in [0.29, 0.717) is 56.3 Å². The van der Waals surface area contributed by atoms with E-state index in [9.17, 15) is 9.59 Å². The highest BCUT2D eigenvalue weighted by molar-refractivity contribution is 5.95. The number of nitrogens with zero attached hydrogens (tertiary/aromatic N) is 4. The average Bonchev–Trinajstić information content (AvgIpc) is 2.92. The van der Waals surface area contributed by atoms with Crippen LogP contribution in [-0.2, 0) is 11.3 Å². The van der Waals surface area contributed by atoms with Gasteiger partial charge in [0.25, 0.3) is 11.8 Å². The second kappa shape index (κ2) is 7.93. The van der Waals surface area contributed by atoms with Crippen LogP contribution in [0.15, 0.2) is 36.9 Å². The molecule has 8 heteroatoms. The molecule has 1 saturated heterocycles. The van der Waals surface area contributed by atoms with Crippen LogP contribution in [0.2, 0.25) is 0 Å². The molecule has 0 bridgehead atoms. The second-order valence-electron chi connectivity index (χ2n) is 6.95. The summed E-state index contributed by atoms with van der Waals surface area (Å²) in [6.07, 6.45) is 4.41. The maximum atomic E-state index is 12.9. The van der Waals surface area contributed by atoms with Crippen LogP contribution in [0, 0.1) is 0 Å². The summed E-state index contributed by atoms with van der Waals surface area (Å²) >= 11 is 0. The van der Waals surface area contributed by atoms with Crippen LogP contribution >= 0.6 is 0 Å². The standard InChI is InChI=1S/C20H22N4O4/c1-14-12-28-18-3-2-15(19(25)23-4-6-27-7-5-23)8-16(18)11-24(14)20(26)17-9-21-13-22-10-17/h2-3,8-10,13-14H,4-7,11-12H2,1H3/t14-/m0/s1. The molecule has 3 heterocycles. The number of ether oxygens (including phenoxy) is 2. The summed E-state index contributed by atoms with van der Waals surface area (Å²) in [5.41, 5.74) is 1.83. The number of amides is 2. The van der Waals surface area contributed by atoms with Crippen LogP contribution in [0.3, 0.4) is 0 Å². The fourth-order valence-electron chi connectivity index (χ4n) is 3.41. The molecule has 1 atom stereocenters. The van der Waals surface area contributed by atoms with Crippen LogP contribution in [0.4, 0.5) is 0 Å². The molecule has 2 amide bonds. The maximum Gasteiger partial charge on any atom is 0.257 e. The molecule has 1 aromatic heterocycles. The summed E-state index contributed by atoms with van der Waals surface area (Å²) in [5.74, 6) is 0.511. The number of hydrogen-bond donors (Lipinski definition) is 0. The largest absolute Gasteiger partial charge is 0.491 e. The van der Waals surface area contributed by atoms with Crippen molar-refractivity contribution >= 4 is 11.8 Å². The molecule has 1 aromatic carbocycles. The Hall–Kier alpha value is -3.00. The maximum absolute atomic E-state index is 12.9. The zero-order chi connectivity index (χ0) is 19.5. The van der Waals surface area contributed by atoms with Gasteiger partial charge in [-0.25, -0.2) is 9.97 Å². The van der Waals surface area contributed by atoms with Crippen molar-refractivity contribution in [2.45, 2.75) is 19.5 Å². The molecule has 4 rings (SSSR count). The summed E-state index contributed by atoms with van der Waals surface area (Å²) in [6.45, 7) is 4.95. The van der Waals surface area contributed by atoms with Crippen LogP contribution in [0.5, 0.6) is 5.75 Å². The van der Waals surface area contributed by atoms with Crippen LogP contribution in [0.25, 0.3) is 0 Å². The predicted molar refractivity (Wildman–Crippen MR) is 100 cm³/mol. The van der Waals surface area contributed by atoms with Crippen molar-refractivity contribution in [1.82, 2.24) is 19.8 Å². The molecule has 0 radical (unpaired) electrons. The molecule has 2 aliphatic rings. The normalized spacial score (nSPS) is 19.4. The van der Waals surface area contributed by atoms with Crippen molar-refractivity contribution in [3.63, 3.8) is 0 Å². The molecule has 8 nitrogen and oxygen atoms in total. The number of hydrogen-bond acceptors (Lipinski definition) is 6. The van der Waals surface area contributed by atoms with E-state index in [0.717, 1.165) is 5.56 Å². The van der Waals surface area contributed by atoms with Gasteiger partial charge in [0.05, 0.1) is 31.4 Å². The van der Waals surface area contributed by atoms with E-state index in [2.05, 4.69) is 9.97 Å². The van der Waals surface area contributed by atoms with Gasteiger partial charge >= 0.3 is 0 Å². The van der Waals surface area contributed by atoms with Crippen molar-refractivity contribution in [2.24, 2.45) is 0 Å². The Bertz CT molecular complexity index is 868. The molecule has 0 spiro atoms. The minimum absolute atomic E-state index is 0.0299. The van der Waals surface area contributed by atoms with Gasteiger partial charge in [-0.3, -0.25) is 9.59 Å². The lowest BCUT2D eigenvalue weighted by Gasteiger charge is -2.27. The highest BCUT2D eigenvalue weighted by Crippen LogP contribution is 2.27. The smallest absolute Gasteiger partial charge is 0.257 e. The second-order valence-corrected chi connectivity index (χ2v) is 6.95. The van der Waals surface area contributed by atoms with E-state index in [1.165, 1.54) is 18.7 Å². The fraction of sp³-hybridized carbons (Fsp3) is 0.400. The molecular weight excluding hydrogens is 360 g/mol. The van der Waals surface area contributed by atoms with E-state index in [-0.39, 0.29) is 17.9 Å². The van der Waals surface area contributed by atoms with Crippen molar-refractivity contribution in [3.05, 3.63) is 53.6 Å². The van der Waals surface area contributed by atoms with Crippen LogP contribution in [0.1, 0.15) is 33.2 Å². The lowest BCUT2D eigenvalue weighted by Crippen LogP contribution is -2.41. The highest BCUT2D eigenvalue weighted by Gasteiger charge is 2.28. The zero-order valence-electron chi connectivity index (χ0n) is 15.7.